The molecule has 3 fully saturated rings. The monoisotopic (exact) mass is 458 g/mol. The van der Waals surface area contributed by atoms with E-state index in [9.17, 15) is 0 Å². The average Bonchev–Trinajstić information content (AvgIpc) is 3.68. The van der Waals surface area contributed by atoms with E-state index in [4.69, 9.17) is 5.73 Å². The molecular formula is C26H34N8. The predicted octanol–water partition coefficient (Wildman–Crippen LogP) is 3.79. The maximum atomic E-state index is 6.04. The number of hydrogen-bond donors (Lipinski definition) is 2. The number of rotatable bonds is 6. The third-order valence-electron chi connectivity index (χ3n) is 7.76. The van der Waals surface area contributed by atoms with Crippen molar-refractivity contribution in [1.29, 1.82) is 0 Å². The lowest BCUT2D eigenvalue weighted by atomic mass is 9.81. The van der Waals surface area contributed by atoms with Gasteiger partial charge in [-0.25, -0.2) is 4.98 Å². The molecule has 2 aliphatic carbocycles. The fourth-order valence-electron chi connectivity index (χ4n) is 5.67. The molecule has 1 saturated heterocycles. The summed E-state index contributed by atoms with van der Waals surface area (Å²) < 4.78 is 1.54. The van der Waals surface area contributed by atoms with Gasteiger partial charge < -0.3 is 11.1 Å². The Labute approximate surface area is 201 Å². The van der Waals surface area contributed by atoms with E-state index in [1.54, 1.807) is 10.9 Å². The number of piperazine rings is 1. The van der Waals surface area contributed by atoms with E-state index in [1.165, 1.54) is 70.3 Å². The van der Waals surface area contributed by atoms with Crippen LogP contribution in [0, 0.1) is 0 Å². The number of pyridine rings is 1. The SMILES string of the molecule is Nc1nc(Nc2ccc(C3CCC(N4CCN(C5CC5)CC4)CC3)cc2)nn1-c1ccccn1. The van der Waals surface area contributed by atoms with Gasteiger partial charge in [-0.15, -0.1) is 5.10 Å². The topological polar surface area (TPSA) is 88.1 Å². The second-order valence-electron chi connectivity index (χ2n) is 9.95. The van der Waals surface area contributed by atoms with Crippen LogP contribution in [0.2, 0.25) is 0 Å². The van der Waals surface area contributed by atoms with E-state index >= 15 is 0 Å². The third kappa shape index (κ3) is 4.65. The fraction of sp³-hybridized carbons (Fsp3) is 0.500. The van der Waals surface area contributed by atoms with Gasteiger partial charge in [0.05, 0.1) is 0 Å². The van der Waals surface area contributed by atoms with Crippen LogP contribution in [0.15, 0.2) is 48.7 Å². The average molecular weight is 459 g/mol. The first-order valence-corrected chi connectivity index (χ1v) is 12.7. The van der Waals surface area contributed by atoms with Gasteiger partial charge in [-0.2, -0.15) is 9.67 Å². The molecule has 3 aliphatic rings. The van der Waals surface area contributed by atoms with Gasteiger partial charge in [-0.05, 0) is 74.3 Å². The molecule has 34 heavy (non-hydrogen) atoms. The molecule has 2 saturated carbocycles. The van der Waals surface area contributed by atoms with Gasteiger partial charge in [0, 0.05) is 50.1 Å². The highest BCUT2D eigenvalue weighted by Crippen LogP contribution is 2.36. The maximum absolute atomic E-state index is 6.04. The molecular weight excluding hydrogens is 424 g/mol. The lowest BCUT2D eigenvalue weighted by Gasteiger charge is -2.42. The summed E-state index contributed by atoms with van der Waals surface area (Å²) in [5.74, 6) is 2.09. The van der Waals surface area contributed by atoms with E-state index in [0.717, 1.165) is 17.8 Å². The number of anilines is 3. The second kappa shape index (κ2) is 9.35. The molecule has 2 aromatic heterocycles. The van der Waals surface area contributed by atoms with Crippen molar-refractivity contribution in [3.05, 3.63) is 54.2 Å². The van der Waals surface area contributed by atoms with Gasteiger partial charge in [-0.3, -0.25) is 9.80 Å². The van der Waals surface area contributed by atoms with E-state index in [-0.39, 0.29) is 0 Å². The first-order valence-electron chi connectivity index (χ1n) is 12.7. The Morgan fingerprint density at radius 1 is 0.794 bits per heavy atom. The van der Waals surface area contributed by atoms with Gasteiger partial charge >= 0.3 is 0 Å². The summed E-state index contributed by atoms with van der Waals surface area (Å²) in [6.07, 6.45) is 9.78. The van der Waals surface area contributed by atoms with Crippen LogP contribution < -0.4 is 11.1 Å². The molecule has 3 heterocycles. The smallest absolute Gasteiger partial charge is 0.248 e. The summed E-state index contributed by atoms with van der Waals surface area (Å²) in [7, 11) is 0. The zero-order valence-corrected chi connectivity index (χ0v) is 19.7. The van der Waals surface area contributed by atoms with Crippen molar-refractivity contribution in [3.63, 3.8) is 0 Å². The van der Waals surface area contributed by atoms with Crippen molar-refractivity contribution in [1.82, 2.24) is 29.5 Å². The van der Waals surface area contributed by atoms with Gasteiger partial charge in [0.2, 0.25) is 11.9 Å². The lowest BCUT2D eigenvalue weighted by Crippen LogP contribution is -2.51. The Bertz CT molecular complexity index is 1080. The van der Waals surface area contributed by atoms with Crippen LogP contribution in [0.4, 0.5) is 17.6 Å². The van der Waals surface area contributed by atoms with Crippen LogP contribution in [0.3, 0.4) is 0 Å². The minimum absolute atomic E-state index is 0.309. The number of nitrogens with zero attached hydrogens (tertiary/aromatic N) is 6. The Morgan fingerprint density at radius 3 is 2.03 bits per heavy atom. The van der Waals surface area contributed by atoms with Gasteiger partial charge in [0.15, 0.2) is 5.82 Å². The molecule has 1 aliphatic heterocycles. The van der Waals surface area contributed by atoms with Gasteiger partial charge in [-0.1, -0.05) is 18.2 Å². The predicted molar refractivity (Wildman–Crippen MR) is 134 cm³/mol. The molecule has 178 valence electrons. The summed E-state index contributed by atoms with van der Waals surface area (Å²) in [6.45, 7) is 5.08. The summed E-state index contributed by atoms with van der Waals surface area (Å²) in [6, 6.07) is 16.1. The van der Waals surface area contributed by atoms with Crippen LogP contribution in [0.5, 0.6) is 0 Å². The number of hydrogen-bond acceptors (Lipinski definition) is 7. The van der Waals surface area contributed by atoms with E-state index in [1.807, 2.05) is 18.2 Å². The fourth-order valence-corrected chi connectivity index (χ4v) is 5.67. The Morgan fingerprint density at radius 2 is 1.44 bits per heavy atom. The molecule has 0 spiro atoms. The minimum Gasteiger partial charge on any atom is -0.368 e. The molecule has 8 nitrogen and oxygen atoms in total. The molecule has 0 radical (unpaired) electrons. The Balaban J connectivity index is 1.02. The molecule has 6 rings (SSSR count). The zero-order valence-electron chi connectivity index (χ0n) is 19.7. The number of nitrogens with two attached hydrogens (primary N) is 1. The number of nitrogens with one attached hydrogen (secondary N) is 1. The Kier molecular flexibility index (Phi) is 5.93. The van der Waals surface area contributed by atoms with Crippen molar-refractivity contribution in [2.45, 2.75) is 56.5 Å². The zero-order chi connectivity index (χ0) is 22.9. The first-order chi connectivity index (χ1) is 16.7. The van der Waals surface area contributed by atoms with E-state index < -0.39 is 0 Å². The third-order valence-corrected chi connectivity index (χ3v) is 7.76. The second-order valence-corrected chi connectivity index (χ2v) is 9.95. The Hall–Kier alpha value is -2.97. The highest BCUT2D eigenvalue weighted by molar-refractivity contribution is 5.55. The highest BCUT2D eigenvalue weighted by atomic mass is 15.4. The first kappa shape index (κ1) is 21.6. The van der Waals surface area contributed by atoms with Crippen molar-refractivity contribution >= 4 is 17.6 Å². The molecule has 3 N–H and O–H groups in total. The normalized spacial score (nSPS) is 24.2. The van der Waals surface area contributed by atoms with Crippen molar-refractivity contribution < 1.29 is 0 Å². The quantitative estimate of drug-likeness (QED) is 0.581. The van der Waals surface area contributed by atoms with E-state index in [2.05, 4.69) is 54.4 Å². The number of aromatic nitrogens is 4. The van der Waals surface area contributed by atoms with Crippen molar-refractivity contribution in [2.75, 3.05) is 37.2 Å². The van der Waals surface area contributed by atoms with Crippen LogP contribution in [0.1, 0.15) is 50.0 Å². The minimum atomic E-state index is 0.309. The van der Waals surface area contributed by atoms with Crippen LogP contribution in [0.25, 0.3) is 5.82 Å². The van der Waals surface area contributed by atoms with Gasteiger partial charge in [0.25, 0.3) is 0 Å². The van der Waals surface area contributed by atoms with Crippen molar-refractivity contribution in [3.8, 4) is 5.82 Å². The summed E-state index contributed by atoms with van der Waals surface area (Å²) in [4.78, 5) is 14.1. The van der Waals surface area contributed by atoms with Crippen molar-refractivity contribution in [2.24, 2.45) is 0 Å². The lowest BCUT2D eigenvalue weighted by molar-refractivity contribution is 0.0724. The molecule has 0 unspecified atom stereocenters. The number of nitrogen functional groups attached to an aromatic ring is 1. The summed E-state index contributed by atoms with van der Waals surface area (Å²) in [5, 5.41) is 7.73. The van der Waals surface area contributed by atoms with Gasteiger partial charge in [0.1, 0.15) is 0 Å². The molecule has 1 aromatic carbocycles. The molecule has 0 atom stereocenters. The largest absolute Gasteiger partial charge is 0.368 e. The van der Waals surface area contributed by atoms with Crippen LogP contribution >= 0.6 is 0 Å². The van der Waals surface area contributed by atoms with Crippen LogP contribution in [-0.2, 0) is 0 Å². The highest BCUT2D eigenvalue weighted by Gasteiger charge is 2.34. The molecule has 8 heteroatoms. The van der Waals surface area contributed by atoms with Crippen LogP contribution in [-0.4, -0.2) is 67.8 Å². The summed E-state index contributed by atoms with van der Waals surface area (Å²) >= 11 is 0. The standard InChI is InChI=1S/C26H34N8/c27-25-30-26(31-34(25)24-3-1-2-14-28-24)29-21-8-4-19(5-9-21)20-6-10-22(11-7-20)32-15-17-33(18-16-32)23-12-13-23/h1-5,8-9,14,20,22-23H,6-7,10-13,15-18H2,(H3,27,29,30,31). The maximum Gasteiger partial charge on any atom is 0.248 e. The molecule has 0 amide bonds. The molecule has 3 aromatic rings. The summed E-state index contributed by atoms with van der Waals surface area (Å²) in [5.41, 5.74) is 8.44. The molecule has 0 bridgehead atoms. The number of benzene rings is 1. The van der Waals surface area contributed by atoms with E-state index in [0.29, 0.717) is 23.6 Å².